The summed E-state index contributed by atoms with van der Waals surface area (Å²) >= 11 is 0. The molecule has 0 aromatic rings. The third-order valence-electron chi connectivity index (χ3n) is 20.3. The first-order chi connectivity index (χ1) is 41.3. The molecule has 2 heterocycles. The van der Waals surface area contributed by atoms with Crippen LogP contribution in [0.3, 0.4) is 0 Å². The summed E-state index contributed by atoms with van der Waals surface area (Å²) in [5.41, 5.74) is 0. The van der Waals surface area contributed by atoms with Crippen LogP contribution in [-0.2, 0) is 19.2 Å². The van der Waals surface area contributed by atoms with Crippen molar-refractivity contribution in [1.29, 1.82) is 0 Å². The maximum atomic E-state index is 14.7. The van der Waals surface area contributed by atoms with Gasteiger partial charge in [-0.15, -0.1) is 0 Å². The van der Waals surface area contributed by atoms with Crippen LogP contribution >= 0.6 is 0 Å². The Bertz CT molecular complexity index is 1470. The highest BCUT2D eigenvalue weighted by atomic mass is 16.2. The van der Waals surface area contributed by atoms with Crippen molar-refractivity contribution in [3.63, 3.8) is 0 Å². The first-order valence-electron chi connectivity index (χ1n) is 37.6. The molecule has 11 nitrogen and oxygen atoms in total. The summed E-state index contributed by atoms with van der Waals surface area (Å²) in [5, 5.41) is 6.75. The monoisotopic (exact) mass is 1180 g/mol. The van der Waals surface area contributed by atoms with Crippen molar-refractivity contribution in [3.8, 4) is 0 Å². The van der Waals surface area contributed by atoms with Crippen molar-refractivity contribution < 1.29 is 19.2 Å². The molecule has 0 aromatic carbocycles. The smallest absolute Gasteiger partial charge is 0.243 e. The topological polar surface area (TPSA) is 109 Å². The van der Waals surface area contributed by atoms with Crippen molar-refractivity contribution in [2.24, 2.45) is 11.8 Å². The van der Waals surface area contributed by atoms with Crippen LogP contribution in [-0.4, -0.2) is 146 Å². The zero-order valence-corrected chi connectivity index (χ0v) is 56.0. The molecular formula is C73H139N7O4. The maximum absolute atomic E-state index is 14.7. The summed E-state index contributed by atoms with van der Waals surface area (Å²) in [5.74, 6) is 0.784. The van der Waals surface area contributed by atoms with E-state index in [1.807, 2.05) is 0 Å². The van der Waals surface area contributed by atoms with E-state index in [2.05, 4.69) is 56.0 Å². The number of carbonyl (C=O) groups excluding carboxylic acids is 4. The molecule has 0 aromatic heterocycles. The highest BCUT2D eigenvalue weighted by Crippen LogP contribution is 2.32. The van der Waals surface area contributed by atoms with Gasteiger partial charge in [0, 0.05) is 65.2 Å². The fraction of sp³-hybridized carbons (Fsp3) is 0.945. The minimum atomic E-state index is -0.424. The predicted octanol–water partition coefficient (Wildman–Crippen LogP) is 17.0. The number of likely N-dealkylation sites (tertiary alicyclic amines) is 2. The van der Waals surface area contributed by atoms with E-state index in [4.69, 9.17) is 0 Å². The zero-order valence-electron chi connectivity index (χ0n) is 56.0. The average Bonchev–Trinajstić information content (AvgIpc) is 4.10. The minimum Gasteiger partial charge on any atom is -0.353 e. The van der Waals surface area contributed by atoms with Gasteiger partial charge in [0.05, 0.1) is 0 Å². The summed E-state index contributed by atoms with van der Waals surface area (Å²) in [7, 11) is 2.08. The van der Waals surface area contributed by atoms with Crippen LogP contribution in [0.2, 0.25) is 0 Å². The Morgan fingerprint density at radius 1 is 0.357 bits per heavy atom. The second kappa shape index (κ2) is 50.6. The third-order valence-corrected chi connectivity index (χ3v) is 20.3. The molecule has 4 fully saturated rings. The van der Waals surface area contributed by atoms with Crippen LogP contribution in [0.5, 0.6) is 0 Å². The molecule has 4 aliphatic rings. The molecular weight excluding hydrogens is 1040 g/mol. The summed E-state index contributed by atoms with van der Waals surface area (Å²) in [6.07, 6.45) is 61.2. The second-order valence-electron chi connectivity index (χ2n) is 27.7. The van der Waals surface area contributed by atoms with Gasteiger partial charge in [0.15, 0.2) is 0 Å². The lowest BCUT2D eigenvalue weighted by molar-refractivity contribution is -0.143. The second-order valence-corrected chi connectivity index (χ2v) is 27.7. The van der Waals surface area contributed by atoms with E-state index in [0.29, 0.717) is 52.1 Å². The average molecular weight is 1180 g/mol. The quantitative estimate of drug-likeness (QED) is 0.0584. The molecule has 11 heteroatoms. The van der Waals surface area contributed by atoms with Crippen molar-refractivity contribution in [2.45, 2.75) is 347 Å². The Hall–Kier alpha value is -2.24. The Morgan fingerprint density at radius 3 is 0.905 bits per heavy atom. The van der Waals surface area contributed by atoms with Crippen LogP contribution in [0.15, 0.2) is 0 Å². The van der Waals surface area contributed by atoms with E-state index in [-0.39, 0.29) is 35.5 Å². The van der Waals surface area contributed by atoms with Crippen molar-refractivity contribution in [2.75, 3.05) is 85.6 Å². The predicted molar refractivity (Wildman–Crippen MR) is 357 cm³/mol. The molecule has 2 N–H and O–H groups in total. The first kappa shape index (κ1) is 74.2. The first-order valence-corrected chi connectivity index (χ1v) is 37.6. The van der Waals surface area contributed by atoms with Gasteiger partial charge in [-0.05, 0) is 109 Å². The SMILES string of the molecule is CCCCCCCCCCCCCCCCCC(=O)N(CCN1CCCCCC1)C(C(=O)NCCN(C)CCNC(=O)C(C1CCCCC1)N(CCN1CCCCCC1)C(=O)CCCCCCCCCCCCCCCCC)C1CCCCC1. The highest BCUT2D eigenvalue weighted by Gasteiger charge is 2.39. The van der Waals surface area contributed by atoms with E-state index in [1.165, 1.54) is 231 Å². The largest absolute Gasteiger partial charge is 0.353 e. The van der Waals surface area contributed by atoms with Gasteiger partial charge in [-0.25, -0.2) is 0 Å². The lowest BCUT2D eigenvalue weighted by Crippen LogP contribution is -2.56. The molecule has 4 rings (SSSR count). The van der Waals surface area contributed by atoms with Crippen LogP contribution in [0.1, 0.15) is 335 Å². The van der Waals surface area contributed by atoms with E-state index < -0.39 is 12.1 Å². The Labute approximate surface area is 520 Å². The summed E-state index contributed by atoms with van der Waals surface area (Å²) in [6.45, 7) is 14.2. The van der Waals surface area contributed by atoms with Gasteiger partial charge in [0.2, 0.25) is 23.6 Å². The van der Waals surface area contributed by atoms with Gasteiger partial charge in [0.25, 0.3) is 0 Å². The van der Waals surface area contributed by atoms with Crippen LogP contribution in [0.4, 0.5) is 0 Å². The van der Waals surface area contributed by atoms with E-state index in [0.717, 1.165) is 116 Å². The van der Waals surface area contributed by atoms with Gasteiger partial charge < -0.3 is 35.1 Å². The maximum Gasteiger partial charge on any atom is 0.243 e. The molecule has 2 saturated heterocycles. The highest BCUT2D eigenvalue weighted by molar-refractivity contribution is 5.89. The van der Waals surface area contributed by atoms with Gasteiger partial charge in [-0.3, -0.25) is 19.2 Å². The zero-order chi connectivity index (χ0) is 59.8. The van der Waals surface area contributed by atoms with E-state index >= 15 is 0 Å². The van der Waals surface area contributed by atoms with E-state index in [9.17, 15) is 19.2 Å². The molecule has 4 amide bonds. The number of hydrogen-bond donors (Lipinski definition) is 2. The molecule has 0 bridgehead atoms. The molecule has 490 valence electrons. The lowest BCUT2D eigenvalue weighted by atomic mass is 9.82. The summed E-state index contributed by atoms with van der Waals surface area (Å²) in [4.78, 5) is 69.8. The standard InChI is InChI=1S/C73H139N7O4/c1-4-6-8-10-12-14-16-18-20-22-24-26-28-30-42-52-68(81)79(64-62-77-56-44-32-33-45-57-77)70(66-48-38-36-39-49-66)72(83)74-54-60-76(3)61-55-75-73(84)71(67-50-40-37-41-51-67)80(65-63-78-58-46-34-35-47-59-78)69(82)53-43-31-29-27-25-23-21-19-17-15-13-11-9-7-5-2/h66-67,70-71H,4-65H2,1-3H3,(H,74,83)(H,75,84). The fourth-order valence-electron chi connectivity index (χ4n) is 14.8. The molecule has 0 radical (unpaired) electrons. The normalized spacial score (nSPS) is 17.9. The molecule has 2 aliphatic heterocycles. The van der Waals surface area contributed by atoms with Gasteiger partial charge in [0.1, 0.15) is 12.1 Å². The molecule has 0 spiro atoms. The molecule has 2 atom stereocenters. The van der Waals surface area contributed by atoms with Gasteiger partial charge in [-0.2, -0.15) is 0 Å². The number of nitrogens with zero attached hydrogens (tertiary/aromatic N) is 5. The number of hydrogen-bond acceptors (Lipinski definition) is 7. The van der Waals surface area contributed by atoms with Crippen LogP contribution < -0.4 is 10.6 Å². The Kier molecular flexibility index (Phi) is 44.7. The Morgan fingerprint density at radius 2 is 0.619 bits per heavy atom. The summed E-state index contributed by atoms with van der Waals surface area (Å²) in [6, 6.07) is -0.849. The number of nitrogens with one attached hydrogen (secondary N) is 2. The minimum absolute atomic E-state index is 0.0221. The fourth-order valence-corrected chi connectivity index (χ4v) is 14.8. The van der Waals surface area contributed by atoms with E-state index in [1.54, 1.807) is 0 Å². The number of rotatable bonds is 50. The van der Waals surface area contributed by atoms with Crippen molar-refractivity contribution >= 4 is 23.6 Å². The number of likely N-dealkylation sites (N-methyl/N-ethyl adjacent to an activating group) is 1. The van der Waals surface area contributed by atoms with Crippen molar-refractivity contribution in [1.82, 2.24) is 35.1 Å². The Balaban J connectivity index is 1.28. The lowest BCUT2D eigenvalue weighted by Gasteiger charge is -2.39. The van der Waals surface area contributed by atoms with Crippen molar-refractivity contribution in [3.05, 3.63) is 0 Å². The molecule has 2 saturated carbocycles. The number of amides is 4. The summed E-state index contributed by atoms with van der Waals surface area (Å²) < 4.78 is 0. The number of unbranched alkanes of at least 4 members (excludes halogenated alkanes) is 28. The van der Waals surface area contributed by atoms with Crippen LogP contribution in [0.25, 0.3) is 0 Å². The molecule has 2 aliphatic carbocycles. The van der Waals surface area contributed by atoms with Gasteiger partial charge >= 0.3 is 0 Å². The molecule has 84 heavy (non-hydrogen) atoms. The molecule has 2 unspecified atom stereocenters. The van der Waals surface area contributed by atoms with Gasteiger partial charge in [-0.1, -0.05) is 258 Å². The number of carbonyl (C=O) groups is 4. The third kappa shape index (κ3) is 34.5. The van der Waals surface area contributed by atoms with Crippen LogP contribution in [0, 0.1) is 11.8 Å².